The first-order valence-corrected chi connectivity index (χ1v) is 13.4. The molecule has 0 aliphatic carbocycles. The molecule has 0 aliphatic rings. The molecule has 0 aliphatic heterocycles. The summed E-state index contributed by atoms with van der Waals surface area (Å²) in [5.74, 6) is 0. The van der Waals surface area contributed by atoms with Crippen molar-refractivity contribution in [2.45, 2.75) is 0 Å². The number of carbonyl (C=O) groups is 1. The maximum Gasteiger partial charge on any atom is 0.271 e. The van der Waals surface area contributed by atoms with E-state index < -0.39 is 87.9 Å². The van der Waals surface area contributed by atoms with Crippen LogP contribution >= 0.6 is 0 Å². The molecular weight excluding hydrogens is 637 g/mol. The number of hydrogen-bond acceptors (Lipinski definition) is 21. The van der Waals surface area contributed by atoms with Gasteiger partial charge in [-0.05, 0) is 0 Å². The van der Waals surface area contributed by atoms with Crippen molar-refractivity contribution in [2.75, 3.05) is 0 Å². The van der Waals surface area contributed by atoms with E-state index in [1.54, 1.807) is 0 Å². The van der Waals surface area contributed by atoms with Crippen LogP contribution in [-0.4, -0.2) is 85.1 Å². The van der Waals surface area contributed by atoms with Gasteiger partial charge in [0.25, 0.3) is 87.9 Å². The number of thiol groups is 8. The van der Waals surface area contributed by atoms with Gasteiger partial charge in [0.05, 0.1) is 0 Å². The van der Waals surface area contributed by atoms with Crippen LogP contribution in [0.4, 0.5) is 0 Å². The molecule has 0 saturated carbocycles. The lowest BCUT2D eigenvalue weighted by molar-refractivity contribution is -0.0980. The van der Waals surface area contributed by atoms with Crippen molar-refractivity contribution >= 4 is 94.7 Å². The van der Waals surface area contributed by atoms with Gasteiger partial charge in [0.1, 0.15) is 6.79 Å². The van der Waals surface area contributed by atoms with Gasteiger partial charge < -0.3 is 15.7 Å². The molecule has 0 heterocycles. The van der Waals surface area contributed by atoms with Gasteiger partial charge >= 0.3 is 0 Å². The van der Waals surface area contributed by atoms with Crippen LogP contribution in [0.3, 0.4) is 0 Å². The zero-order valence-electron chi connectivity index (χ0n) is 13.9. The van der Waals surface area contributed by atoms with Gasteiger partial charge in [0.15, 0.2) is 0 Å². The molecule has 0 aromatic heterocycles. The van der Waals surface area contributed by atoms with Crippen molar-refractivity contribution in [1.29, 1.82) is 0 Å². The molecule has 0 spiro atoms. The fourth-order valence-electron chi connectivity index (χ4n) is 0.218. The molecule has 0 rings (SSSR count). The summed E-state index contributed by atoms with van der Waals surface area (Å²) in [7, 11) is -25.9. The van der Waals surface area contributed by atoms with Crippen LogP contribution in [0.15, 0.2) is 0 Å². The van der Waals surface area contributed by atoms with Crippen molar-refractivity contribution in [1.82, 2.24) is 0 Å². The minimum absolute atomic E-state index is 0. The van der Waals surface area contributed by atoms with E-state index in [0.29, 0.717) is 0 Å². The number of hydrogen-bond donors (Lipinski definition) is 8. The van der Waals surface area contributed by atoms with E-state index in [1.165, 1.54) is 0 Å². The van der Waals surface area contributed by atoms with Crippen LogP contribution in [-0.2, 0) is 107 Å². The Bertz CT molecular complexity index is 730. The Morgan fingerprint density at radius 1 is 0.281 bits per heavy atom. The van der Waals surface area contributed by atoms with Gasteiger partial charge in [-0.1, -0.05) is 0 Å². The Labute approximate surface area is 191 Å². The van der Waals surface area contributed by atoms with E-state index in [4.69, 9.17) is 4.79 Å². The summed E-state index contributed by atoms with van der Waals surface area (Å²) in [6.45, 7) is 2.00. The smallest absolute Gasteiger partial charge is 0.271 e. The number of rotatable bonds is 8. The third-order valence-corrected chi connectivity index (χ3v) is 4.80. The lowest BCUT2D eigenvalue weighted by atomic mass is 11.9. The molecule has 0 saturated heterocycles. The van der Waals surface area contributed by atoms with E-state index >= 15 is 0 Å². The van der Waals surface area contributed by atoms with Crippen molar-refractivity contribution in [2.24, 2.45) is 0 Å². The fourth-order valence-corrected chi connectivity index (χ4v) is 1.96. The van der Waals surface area contributed by atoms with E-state index in [0.717, 1.165) is 0 Å². The molecule has 0 radical (unpaired) electrons. The topological polar surface area (TPSA) is 390 Å². The van der Waals surface area contributed by atoms with Gasteiger partial charge in [-0.25, -0.2) is 67.3 Å². The van der Waals surface area contributed by atoms with Crippen LogP contribution in [0, 0.1) is 0 Å². The number of carbonyl (C=O) groups excluding carboxylic acids is 1. The SMILES string of the molecule is C=O.O.O.O=[SH](=O)O[SH](=O)=O.O=[SH](=O)O[SH](=O)=O.O=[SH](=O)O[SH](=O)=O.O=[SH](=O)O[SH](=O)=O. The summed E-state index contributed by atoms with van der Waals surface area (Å²) >= 11 is 0. The van der Waals surface area contributed by atoms with Crippen molar-refractivity contribution in [3.05, 3.63) is 0 Å². The van der Waals surface area contributed by atoms with Crippen molar-refractivity contribution in [3.8, 4) is 0 Å². The molecule has 23 nitrogen and oxygen atoms in total. The summed E-state index contributed by atoms with van der Waals surface area (Å²) in [4.78, 5) is 8.00. The van der Waals surface area contributed by atoms with Crippen molar-refractivity contribution < 1.29 is 97.6 Å². The first kappa shape index (κ1) is 48.5. The Kier molecular flexibility index (Phi) is 52.5. The summed E-state index contributed by atoms with van der Waals surface area (Å²) in [5.41, 5.74) is 0. The molecular formula is CH14O23S8. The Morgan fingerprint density at radius 2 is 0.344 bits per heavy atom. The largest absolute Gasteiger partial charge is 0.412 e. The third kappa shape index (κ3) is 101. The molecule has 0 fully saturated rings. The summed E-state index contributed by atoms with van der Waals surface area (Å²) in [6, 6.07) is 0. The summed E-state index contributed by atoms with van der Waals surface area (Å²) < 4.78 is 160. The van der Waals surface area contributed by atoms with Crippen LogP contribution in [0.5, 0.6) is 0 Å². The molecule has 0 unspecified atom stereocenters. The van der Waals surface area contributed by atoms with E-state index in [1.807, 2.05) is 6.79 Å². The molecule has 31 heteroatoms. The second kappa shape index (κ2) is 34.6. The van der Waals surface area contributed by atoms with Crippen LogP contribution in [0.1, 0.15) is 0 Å². The van der Waals surface area contributed by atoms with Crippen LogP contribution in [0.25, 0.3) is 0 Å². The second-order valence-electron chi connectivity index (χ2n) is 2.12. The molecule has 32 heavy (non-hydrogen) atoms. The quantitative estimate of drug-likeness (QED) is 0.113. The van der Waals surface area contributed by atoms with E-state index in [2.05, 4.69) is 14.5 Å². The lowest BCUT2D eigenvalue weighted by Crippen LogP contribution is -1.82. The highest BCUT2D eigenvalue weighted by Crippen LogP contribution is 1.68. The Balaban J connectivity index is -0.0000000497. The highest BCUT2D eigenvalue weighted by atomic mass is 32.3. The highest BCUT2D eigenvalue weighted by molar-refractivity contribution is 7.82. The Hall–Kier alpha value is -0.970. The Morgan fingerprint density at radius 3 is 0.344 bits per heavy atom. The predicted molar refractivity (Wildman–Crippen MR) is 101 cm³/mol. The van der Waals surface area contributed by atoms with E-state index in [-0.39, 0.29) is 11.0 Å². The molecule has 0 amide bonds. The van der Waals surface area contributed by atoms with Gasteiger partial charge in [0, 0.05) is 0 Å². The zero-order chi connectivity index (χ0) is 25.4. The average Bonchev–Trinajstić information content (AvgIpc) is 2.45. The normalized spacial score (nSPS) is 9.38. The maximum absolute atomic E-state index is 9.24. The molecule has 0 atom stereocenters. The molecule has 0 aromatic carbocycles. The third-order valence-electron chi connectivity index (χ3n) is 0.533. The lowest BCUT2D eigenvalue weighted by Gasteiger charge is -1.69. The maximum atomic E-state index is 9.24. The van der Waals surface area contributed by atoms with Crippen molar-refractivity contribution in [3.63, 3.8) is 0 Å². The minimum Gasteiger partial charge on any atom is -0.412 e. The second-order valence-corrected chi connectivity index (χ2v) is 8.31. The van der Waals surface area contributed by atoms with Gasteiger partial charge in [-0.3, -0.25) is 0 Å². The minimum atomic E-state index is -3.24. The standard InChI is InChI=1S/CH2O.4H2O5S2.2H2O/c1-2;4*1-6(2)5-7(3)4;;/h1H2;4*6-7H;2*1H2. The first-order chi connectivity index (χ1) is 13.5. The van der Waals surface area contributed by atoms with Crippen LogP contribution in [0.2, 0.25) is 0 Å². The summed E-state index contributed by atoms with van der Waals surface area (Å²) in [6.07, 6.45) is 0. The first-order valence-electron chi connectivity index (χ1n) is 4.67. The van der Waals surface area contributed by atoms with Gasteiger partial charge in [-0.15, -0.1) is 0 Å². The predicted octanol–water partition coefficient (Wildman–Crippen LogP) is -9.61. The monoisotopic (exact) mass is 650 g/mol. The fraction of sp³-hybridized carbons (Fsp3) is 0. The van der Waals surface area contributed by atoms with E-state index in [9.17, 15) is 67.3 Å². The zero-order valence-corrected chi connectivity index (χ0v) is 21.0. The molecule has 0 bridgehead atoms. The average molecular weight is 651 g/mol. The van der Waals surface area contributed by atoms with Crippen LogP contribution < -0.4 is 0 Å². The molecule has 4 N–H and O–H groups in total. The molecule has 204 valence electrons. The highest BCUT2D eigenvalue weighted by Gasteiger charge is 1.82. The summed E-state index contributed by atoms with van der Waals surface area (Å²) in [5, 5.41) is 0. The molecule has 0 aromatic rings. The van der Waals surface area contributed by atoms with Gasteiger partial charge in [-0.2, -0.15) is 14.5 Å². The van der Waals surface area contributed by atoms with Gasteiger partial charge in [0.2, 0.25) is 0 Å².